The Morgan fingerprint density at radius 1 is 0.173 bits per heavy atom. The number of fused-ring (bicyclic) bond motifs is 16. The fourth-order valence-corrected chi connectivity index (χ4v) is 14.0. The summed E-state index contributed by atoms with van der Waals surface area (Å²) in [6, 6.07) is 96.9. The van der Waals surface area contributed by atoms with Crippen molar-refractivity contribution >= 4 is 92.7 Å². The SMILES string of the molecule is C1=Cc2nc1c(-c1ccccc1)c1ccc([n-]1)c(-c1ccccc1)c1nc(c(-c3ccccc3-c3cc4[n-]c3c(-c3ccccc3)c3nc(c(-c5ccccc5)c5ccc([n-]5)c(-c5ccccc5)c5nc(c4-c4ccccc4)C=C5)C=C3)c3ccc([n-]3)c2-c2ccccc2)C=C1.[Ni+2].[Ni+2]. The van der Waals surface area contributed by atoms with E-state index in [-0.39, 0.29) is 33.0 Å². The first-order valence-electron chi connectivity index (χ1n) is 32.2. The molecule has 4 aliphatic rings. The molecule has 0 fully saturated rings. The molecule has 0 amide bonds. The van der Waals surface area contributed by atoms with Crippen LogP contribution in [0.15, 0.2) is 279 Å². The van der Waals surface area contributed by atoms with E-state index in [1.54, 1.807) is 0 Å². The Morgan fingerprint density at radius 2 is 0.388 bits per heavy atom. The van der Waals surface area contributed by atoms with E-state index in [9.17, 15) is 0 Å². The van der Waals surface area contributed by atoms with Gasteiger partial charge in [-0.15, -0.1) is 44.1 Å². The van der Waals surface area contributed by atoms with E-state index in [2.05, 4.69) is 297 Å². The molecule has 6 aromatic heterocycles. The minimum absolute atomic E-state index is 0. The Bertz CT molecular complexity index is 5870. The number of hydrogen-bond acceptors (Lipinski definition) is 4. The van der Waals surface area contributed by atoms with E-state index in [1.165, 1.54) is 0 Å². The van der Waals surface area contributed by atoms with Gasteiger partial charge in [0.15, 0.2) is 0 Å². The second kappa shape index (κ2) is 25.9. The van der Waals surface area contributed by atoms with E-state index in [1.807, 2.05) is 30.3 Å². The van der Waals surface area contributed by atoms with Crippen molar-refractivity contribution in [2.24, 2.45) is 0 Å². The molecule has 0 saturated carbocycles. The fourth-order valence-electron chi connectivity index (χ4n) is 14.0. The van der Waals surface area contributed by atoms with Gasteiger partial charge in [0.1, 0.15) is 0 Å². The van der Waals surface area contributed by atoms with Crippen molar-refractivity contribution in [1.82, 2.24) is 39.9 Å². The molecule has 10 heteroatoms. The Hall–Kier alpha value is -12.1. The fraction of sp³-hybridized carbons (Fsp3) is 0. The Labute approximate surface area is 586 Å². The second-order valence-electron chi connectivity index (χ2n) is 24.0. The standard InChI is InChI=1S/C88H54N8.2Ni/c1-8-24-55(25-9-1)80-65-41-44-69(90-65)83(58-30-14-4-15-31-58)73-49-52-77(94-73)87(78-53-50-74(95-78)84(59-32-16-5-17-33-59)70-45-42-66(80)91-70)63-39-23-22-38-62(63)64-54-79-85(60-34-18-6-19-35-60)75-47-46-71(92-75)81(56-26-10-2-11-27-56)67-40-43-68(89-67)82(57-28-12-3-13-29-57)72-48-51-76(93-72)86(88(64)96-79)61-36-20-7-21-37-61;;/h1-54H;;/q-4;2*+2. The summed E-state index contributed by atoms with van der Waals surface area (Å²) in [5.74, 6) is 0. The van der Waals surface area contributed by atoms with Crippen molar-refractivity contribution in [2.75, 3.05) is 0 Å². The predicted molar refractivity (Wildman–Crippen MR) is 396 cm³/mol. The molecular weight excluding hydrogens is 1290 g/mol. The zero-order valence-corrected chi connectivity index (χ0v) is 54.4. The molecular formula is C88H54N8Ni2. The van der Waals surface area contributed by atoms with Crippen LogP contribution in [0.5, 0.6) is 0 Å². The van der Waals surface area contributed by atoms with Crippen molar-refractivity contribution in [3.05, 3.63) is 325 Å². The van der Waals surface area contributed by atoms with Gasteiger partial charge in [0, 0.05) is 0 Å². The normalized spacial score (nSPS) is 12.0. The van der Waals surface area contributed by atoms with Crippen LogP contribution in [-0.2, 0) is 33.0 Å². The Kier molecular flexibility index (Phi) is 16.1. The van der Waals surface area contributed by atoms with Crippen molar-refractivity contribution < 1.29 is 33.0 Å². The Morgan fingerprint density at radius 3 is 0.673 bits per heavy atom. The maximum atomic E-state index is 5.98. The zero-order chi connectivity index (χ0) is 63.5. The number of nitrogens with zero attached hydrogens (tertiary/aromatic N) is 8. The van der Waals surface area contributed by atoms with Gasteiger partial charge in [-0.1, -0.05) is 279 Å². The molecule has 0 spiro atoms. The number of benzene rings is 8. The van der Waals surface area contributed by atoms with Gasteiger partial charge in [-0.2, -0.15) is 0 Å². The molecule has 10 heterocycles. The van der Waals surface area contributed by atoms with Crippen LogP contribution >= 0.6 is 0 Å². The molecule has 18 rings (SSSR count). The van der Waals surface area contributed by atoms with Gasteiger partial charge in [-0.25, -0.2) is 19.9 Å². The largest absolute Gasteiger partial charge is 2.00 e. The molecule has 8 nitrogen and oxygen atoms in total. The monoisotopic (exact) mass is 1340 g/mol. The molecule has 16 bridgehead atoms. The van der Waals surface area contributed by atoms with E-state index < -0.39 is 0 Å². The van der Waals surface area contributed by atoms with Gasteiger partial charge in [-0.3, -0.25) is 0 Å². The van der Waals surface area contributed by atoms with Crippen molar-refractivity contribution in [3.8, 4) is 100 Å². The van der Waals surface area contributed by atoms with E-state index in [0.717, 1.165) is 190 Å². The topological polar surface area (TPSA) is 108 Å². The number of rotatable bonds is 9. The average Bonchev–Trinajstić information content (AvgIpc) is 1.58. The first kappa shape index (κ1) is 60.9. The van der Waals surface area contributed by atoms with Gasteiger partial charge >= 0.3 is 33.0 Å². The molecule has 0 unspecified atom stereocenters. The first-order valence-corrected chi connectivity index (χ1v) is 32.2. The third kappa shape index (κ3) is 10.9. The summed E-state index contributed by atoms with van der Waals surface area (Å²) in [5.41, 5.74) is 29.3. The molecule has 0 saturated heterocycles. The molecule has 4 aliphatic heterocycles. The van der Waals surface area contributed by atoms with Crippen molar-refractivity contribution in [3.63, 3.8) is 0 Å². The van der Waals surface area contributed by atoms with Crippen LogP contribution in [-0.4, -0.2) is 19.9 Å². The maximum Gasteiger partial charge on any atom is 2.00 e. The summed E-state index contributed by atoms with van der Waals surface area (Å²) < 4.78 is 0. The summed E-state index contributed by atoms with van der Waals surface area (Å²) in [4.78, 5) is 45.4. The van der Waals surface area contributed by atoms with Crippen LogP contribution < -0.4 is 19.9 Å². The van der Waals surface area contributed by atoms with Crippen LogP contribution in [0.25, 0.3) is 193 Å². The van der Waals surface area contributed by atoms with Crippen LogP contribution in [0.4, 0.5) is 0 Å². The molecule has 8 aromatic carbocycles. The molecule has 466 valence electrons. The quantitative estimate of drug-likeness (QED) is 0.132. The molecule has 14 aromatic rings. The molecule has 0 radical (unpaired) electrons. The number of aromatic nitrogens is 8. The third-order valence-corrected chi connectivity index (χ3v) is 18.3. The van der Waals surface area contributed by atoms with Crippen LogP contribution in [0, 0.1) is 0 Å². The summed E-state index contributed by atoms with van der Waals surface area (Å²) in [5, 5.41) is 0. The number of hydrogen-bond donors (Lipinski definition) is 0. The van der Waals surface area contributed by atoms with E-state index in [4.69, 9.17) is 39.9 Å². The summed E-state index contributed by atoms with van der Waals surface area (Å²) in [7, 11) is 0. The Balaban J connectivity index is 0.00000376. The van der Waals surface area contributed by atoms with Crippen LogP contribution in [0.3, 0.4) is 0 Å². The second-order valence-corrected chi connectivity index (χ2v) is 24.0. The van der Waals surface area contributed by atoms with Crippen molar-refractivity contribution in [1.29, 1.82) is 0 Å². The average molecular weight is 1340 g/mol. The van der Waals surface area contributed by atoms with E-state index >= 15 is 0 Å². The molecule has 0 atom stereocenters. The maximum absolute atomic E-state index is 5.98. The third-order valence-electron chi connectivity index (χ3n) is 18.3. The van der Waals surface area contributed by atoms with Crippen molar-refractivity contribution in [2.45, 2.75) is 0 Å². The van der Waals surface area contributed by atoms with Gasteiger partial charge in [0.2, 0.25) is 0 Å². The van der Waals surface area contributed by atoms with Gasteiger partial charge < -0.3 is 19.9 Å². The molecule has 0 N–H and O–H groups in total. The van der Waals surface area contributed by atoms with Crippen LogP contribution in [0.2, 0.25) is 0 Å². The van der Waals surface area contributed by atoms with Gasteiger partial charge in [-0.05, 0) is 149 Å². The van der Waals surface area contributed by atoms with Gasteiger partial charge in [0.05, 0.1) is 45.6 Å². The zero-order valence-electron chi connectivity index (χ0n) is 52.4. The molecule has 0 aliphatic carbocycles. The minimum atomic E-state index is 0. The molecule has 98 heavy (non-hydrogen) atoms. The first-order chi connectivity index (χ1) is 47.6. The smallest absolute Gasteiger partial charge is 0.657 e. The summed E-state index contributed by atoms with van der Waals surface area (Å²) >= 11 is 0. The van der Waals surface area contributed by atoms with E-state index in [0.29, 0.717) is 0 Å². The predicted octanol–water partition coefficient (Wildman–Crippen LogP) is 21.1. The van der Waals surface area contributed by atoms with Gasteiger partial charge in [0.25, 0.3) is 0 Å². The summed E-state index contributed by atoms with van der Waals surface area (Å²) in [6.45, 7) is 0. The van der Waals surface area contributed by atoms with Crippen LogP contribution in [0.1, 0.15) is 45.6 Å². The minimum Gasteiger partial charge on any atom is -0.657 e. The summed E-state index contributed by atoms with van der Waals surface area (Å²) in [6.07, 6.45) is 17.0.